The van der Waals surface area contributed by atoms with Gasteiger partial charge in [0.25, 0.3) is 0 Å². The quantitative estimate of drug-likeness (QED) is 0.0970. The van der Waals surface area contributed by atoms with Crippen molar-refractivity contribution in [2.45, 2.75) is 45.2 Å². The molecule has 0 aromatic heterocycles. The van der Waals surface area contributed by atoms with E-state index in [-0.39, 0.29) is 18.4 Å². The van der Waals surface area contributed by atoms with Crippen LogP contribution in [0.2, 0.25) is 0 Å². The Morgan fingerprint density at radius 3 is 2.21 bits per heavy atom. The summed E-state index contributed by atoms with van der Waals surface area (Å²) in [4.78, 5) is 50.4. The van der Waals surface area contributed by atoms with Crippen molar-refractivity contribution in [3.05, 3.63) is 0 Å². The molecule has 0 aliphatic rings. The normalized spacial score (nSPS) is 13.5. The predicted molar refractivity (Wildman–Crippen MR) is 103 cm³/mol. The van der Waals surface area contributed by atoms with Crippen LogP contribution in [0.5, 0.6) is 0 Å². The van der Waals surface area contributed by atoms with Crippen LogP contribution in [0.25, 0.3) is 0 Å². The Morgan fingerprint density at radius 2 is 1.68 bits per heavy atom. The van der Waals surface area contributed by atoms with E-state index in [1.165, 1.54) is 0 Å². The Kier molecular flexibility index (Phi) is 11.9. The van der Waals surface area contributed by atoms with E-state index >= 15 is 0 Å². The van der Waals surface area contributed by atoms with Crippen molar-refractivity contribution in [3.8, 4) is 0 Å². The summed E-state index contributed by atoms with van der Waals surface area (Å²) in [6, 6.07) is -1.74. The van der Waals surface area contributed by atoms with E-state index in [9.17, 15) is 19.2 Å². The first-order chi connectivity index (χ1) is 13.1. The van der Waals surface area contributed by atoms with Crippen molar-refractivity contribution in [3.63, 3.8) is 0 Å². The summed E-state index contributed by atoms with van der Waals surface area (Å²) in [5.41, 5.74) is 16.1. The third-order valence-corrected chi connectivity index (χ3v) is 3.95. The van der Waals surface area contributed by atoms with E-state index in [1.807, 2.05) is 6.92 Å². The van der Waals surface area contributed by atoms with Crippen LogP contribution in [0.4, 0.5) is 0 Å². The summed E-state index contributed by atoms with van der Waals surface area (Å²) < 4.78 is 0. The summed E-state index contributed by atoms with van der Waals surface area (Å²) >= 11 is 0. The van der Waals surface area contributed by atoms with Crippen molar-refractivity contribution >= 4 is 29.7 Å². The first-order valence-electron chi connectivity index (χ1n) is 8.96. The van der Waals surface area contributed by atoms with E-state index in [4.69, 9.17) is 22.3 Å². The molecule has 0 aliphatic carbocycles. The zero-order chi connectivity index (χ0) is 21.7. The lowest BCUT2D eigenvalue weighted by molar-refractivity contribution is -0.138. The van der Waals surface area contributed by atoms with Crippen molar-refractivity contribution in [2.24, 2.45) is 28.1 Å². The number of carboxylic acid groups (broad SMARTS) is 1. The number of carbonyl (C=O) groups excluding carboxylic acids is 3. The number of carboxylic acids is 1. The second-order valence-corrected chi connectivity index (χ2v) is 6.32. The second kappa shape index (κ2) is 13.3. The summed E-state index contributed by atoms with van der Waals surface area (Å²) in [6.07, 6.45) is 1.41. The highest BCUT2D eigenvalue weighted by Crippen LogP contribution is 2.07. The Hall–Kier alpha value is -2.89. The average Bonchev–Trinajstić information content (AvgIpc) is 2.64. The molecule has 0 saturated heterocycles. The number of nitrogens with one attached hydrogen (secondary N) is 3. The Labute approximate surface area is 163 Å². The number of nitrogens with zero attached hydrogens (tertiary/aromatic N) is 1. The zero-order valence-corrected chi connectivity index (χ0v) is 16.2. The minimum absolute atomic E-state index is 0.0436. The molecule has 3 amide bonds. The largest absolute Gasteiger partial charge is 0.480 e. The van der Waals surface area contributed by atoms with Crippen LogP contribution in [0.1, 0.15) is 33.1 Å². The van der Waals surface area contributed by atoms with E-state index < -0.39 is 42.3 Å². The van der Waals surface area contributed by atoms with Crippen molar-refractivity contribution in [1.29, 1.82) is 0 Å². The van der Waals surface area contributed by atoms with E-state index in [1.54, 1.807) is 6.92 Å². The monoisotopic (exact) mass is 401 g/mol. The van der Waals surface area contributed by atoms with Gasteiger partial charge >= 0.3 is 5.97 Å². The van der Waals surface area contributed by atoms with Gasteiger partial charge in [-0.2, -0.15) is 0 Å². The molecule has 0 aromatic rings. The first kappa shape index (κ1) is 25.1. The molecule has 0 rings (SSSR count). The van der Waals surface area contributed by atoms with Gasteiger partial charge in [0.2, 0.25) is 17.7 Å². The number of amides is 3. The molecule has 0 bridgehead atoms. The maximum atomic E-state index is 12.1. The Balaban J connectivity index is 4.48. The van der Waals surface area contributed by atoms with Crippen molar-refractivity contribution < 1.29 is 24.3 Å². The third kappa shape index (κ3) is 11.0. The molecule has 3 atom stereocenters. The molecule has 160 valence electrons. The molecule has 0 aliphatic heterocycles. The lowest BCUT2D eigenvalue weighted by atomic mass is 9.98. The van der Waals surface area contributed by atoms with Gasteiger partial charge in [-0.05, 0) is 18.8 Å². The smallest absolute Gasteiger partial charge is 0.322 e. The molecule has 0 fully saturated rings. The number of nitrogens with two attached hydrogens (primary N) is 3. The van der Waals surface area contributed by atoms with Crippen LogP contribution in [-0.4, -0.2) is 66.5 Å². The number of hydrogen-bond donors (Lipinski definition) is 7. The van der Waals surface area contributed by atoms with Gasteiger partial charge in [-0.15, -0.1) is 0 Å². The third-order valence-electron chi connectivity index (χ3n) is 3.95. The van der Waals surface area contributed by atoms with Gasteiger partial charge in [0.05, 0.1) is 12.6 Å². The molecule has 12 heteroatoms. The number of carbonyl (C=O) groups is 4. The lowest BCUT2D eigenvalue weighted by Gasteiger charge is -2.23. The summed E-state index contributed by atoms with van der Waals surface area (Å²) in [7, 11) is 0. The van der Waals surface area contributed by atoms with E-state index in [2.05, 4.69) is 20.9 Å². The van der Waals surface area contributed by atoms with Crippen molar-refractivity contribution in [2.75, 3.05) is 19.6 Å². The molecule has 0 heterocycles. The second-order valence-electron chi connectivity index (χ2n) is 6.32. The van der Waals surface area contributed by atoms with Crippen LogP contribution in [0.15, 0.2) is 4.99 Å². The number of rotatable bonds is 13. The topological polar surface area (TPSA) is 215 Å². The molecule has 0 spiro atoms. The molecule has 12 nitrogen and oxygen atoms in total. The zero-order valence-electron chi connectivity index (χ0n) is 16.2. The van der Waals surface area contributed by atoms with E-state index in [0.717, 1.165) is 0 Å². The lowest BCUT2D eigenvalue weighted by Crippen LogP contribution is -2.53. The summed E-state index contributed by atoms with van der Waals surface area (Å²) in [5.74, 6) is -3.17. The van der Waals surface area contributed by atoms with Crippen LogP contribution >= 0.6 is 0 Å². The molecule has 0 radical (unpaired) electrons. The Morgan fingerprint density at radius 1 is 1.07 bits per heavy atom. The van der Waals surface area contributed by atoms with Gasteiger partial charge in [-0.1, -0.05) is 20.3 Å². The molecule has 28 heavy (non-hydrogen) atoms. The van der Waals surface area contributed by atoms with Crippen LogP contribution in [0, 0.1) is 5.92 Å². The predicted octanol–water partition coefficient (Wildman–Crippen LogP) is -2.78. The van der Waals surface area contributed by atoms with Gasteiger partial charge in [-0.3, -0.25) is 24.2 Å². The first-order valence-corrected chi connectivity index (χ1v) is 8.96. The van der Waals surface area contributed by atoms with Crippen LogP contribution in [0.3, 0.4) is 0 Å². The fourth-order valence-corrected chi connectivity index (χ4v) is 2.15. The molecular weight excluding hydrogens is 370 g/mol. The molecule has 0 saturated carbocycles. The van der Waals surface area contributed by atoms with Crippen LogP contribution < -0.4 is 33.2 Å². The molecule has 0 aromatic carbocycles. The van der Waals surface area contributed by atoms with Crippen LogP contribution in [-0.2, 0) is 19.2 Å². The molecule has 10 N–H and O–H groups in total. The van der Waals surface area contributed by atoms with Gasteiger partial charge in [0.15, 0.2) is 5.96 Å². The average molecular weight is 401 g/mol. The number of guanidine groups is 1. The number of aliphatic imine (C=N–C) groups is 1. The van der Waals surface area contributed by atoms with Crippen molar-refractivity contribution in [1.82, 2.24) is 16.0 Å². The van der Waals surface area contributed by atoms with Gasteiger partial charge in [0, 0.05) is 6.54 Å². The van der Waals surface area contributed by atoms with Gasteiger partial charge in [0.1, 0.15) is 12.6 Å². The number of hydrogen-bond acceptors (Lipinski definition) is 6. The summed E-state index contributed by atoms with van der Waals surface area (Å²) in [6.45, 7) is 3.01. The highest BCUT2D eigenvalue weighted by molar-refractivity contribution is 5.92. The molecule has 3 unspecified atom stereocenters. The minimum Gasteiger partial charge on any atom is -0.480 e. The SMILES string of the molecule is CCC(C)C(NC(=O)CNC(=O)C(N)CCCN=C(N)N)C(=O)NCC(=O)O. The maximum Gasteiger partial charge on any atom is 0.322 e. The fourth-order valence-electron chi connectivity index (χ4n) is 2.15. The van der Waals surface area contributed by atoms with Gasteiger partial charge < -0.3 is 38.3 Å². The summed E-state index contributed by atoms with van der Waals surface area (Å²) in [5, 5.41) is 15.8. The molecular formula is C16H31N7O5. The highest BCUT2D eigenvalue weighted by atomic mass is 16.4. The standard InChI is InChI=1S/C16H31N7O5/c1-3-9(2)13(15(28)22-8-12(25)26)23-11(24)7-21-14(27)10(17)5-4-6-20-16(18)19/h9-10,13H,3-8,17H2,1-2H3,(H,21,27)(H,22,28)(H,23,24)(H,25,26)(H4,18,19,20). The van der Waals surface area contributed by atoms with E-state index in [0.29, 0.717) is 25.8 Å². The van der Waals surface area contributed by atoms with Gasteiger partial charge in [-0.25, -0.2) is 0 Å². The highest BCUT2D eigenvalue weighted by Gasteiger charge is 2.26. The number of aliphatic carboxylic acids is 1. The minimum atomic E-state index is -1.19. The maximum absolute atomic E-state index is 12.1. The Bertz CT molecular complexity index is 578. The fraction of sp³-hybridized carbons (Fsp3) is 0.688.